The molecule has 1 aromatic heterocycles. The lowest BCUT2D eigenvalue weighted by atomic mass is 10.1. The van der Waals surface area contributed by atoms with Crippen molar-refractivity contribution in [2.75, 3.05) is 5.43 Å². The molecule has 0 aliphatic heterocycles. The Hall–Kier alpha value is -2.68. The number of rotatable bonds is 4. The van der Waals surface area contributed by atoms with Crippen molar-refractivity contribution < 1.29 is 0 Å². The molecule has 6 heteroatoms. The second kappa shape index (κ2) is 7.47. The van der Waals surface area contributed by atoms with E-state index in [1.165, 1.54) is 22.5 Å². The smallest absolute Gasteiger partial charge is 0.196 e. The molecule has 0 amide bonds. The first-order chi connectivity index (χ1) is 12.1. The minimum absolute atomic E-state index is 0.245. The summed E-state index contributed by atoms with van der Waals surface area (Å²) in [5.74, 6) is 0. The van der Waals surface area contributed by atoms with Gasteiger partial charge in [0.1, 0.15) is 6.07 Å². The fourth-order valence-corrected chi connectivity index (χ4v) is 3.07. The van der Waals surface area contributed by atoms with Crippen molar-refractivity contribution in [3.05, 3.63) is 69.0 Å². The summed E-state index contributed by atoms with van der Waals surface area (Å²) in [6.45, 7) is 4.15. The van der Waals surface area contributed by atoms with Crippen LogP contribution < -0.4 is 5.43 Å². The van der Waals surface area contributed by atoms with Crippen LogP contribution in [0.25, 0.3) is 11.3 Å². The van der Waals surface area contributed by atoms with Gasteiger partial charge in [0.25, 0.3) is 0 Å². The van der Waals surface area contributed by atoms with Crippen LogP contribution in [0.4, 0.5) is 5.69 Å². The zero-order valence-electron chi connectivity index (χ0n) is 13.7. The van der Waals surface area contributed by atoms with Gasteiger partial charge in [0.2, 0.25) is 0 Å². The van der Waals surface area contributed by atoms with Gasteiger partial charge in [0.15, 0.2) is 10.7 Å². The highest BCUT2D eigenvalue weighted by Gasteiger charge is 2.11. The fraction of sp³-hybridized carbons (Fsp3) is 0.105. The van der Waals surface area contributed by atoms with Crippen LogP contribution in [-0.4, -0.2) is 10.7 Å². The van der Waals surface area contributed by atoms with Crippen molar-refractivity contribution >= 4 is 34.3 Å². The summed E-state index contributed by atoms with van der Waals surface area (Å²) in [6.07, 6.45) is 0. The summed E-state index contributed by atoms with van der Waals surface area (Å²) in [7, 11) is 0. The monoisotopic (exact) mass is 366 g/mol. The molecule has 2 aromatic carbocycles. The van der Waals surface area contributed by atoms with Gasteiger partial charge in [-0.05, 0) is 55.3 Å². The molecule has 0 bridgehead atoms. The Bertz CT molecular complexity index is 968. The van der Waals surface area contributed by atoms with E-state index in [-0.39, 0.29) is 5.71 Å². The Morgan fingerprint density at radius 2 is 1.92 bits per heavy atom. The van der Waals surface area contributed by atoms with Crippen molar-refractivity contribution in [2.24, 2.45) is 5.10 Å². The number of benzene rings is 2. The molecule has 0 unspecified atom stereocenters. The minimum atomic E-state index is 0.245. The first-order valence-electron chi connectivity index (χ1n) is 7.59. The van der Waals surface area contributed by atoms with E-state index in [1.54, 1.807) is 24.3 Å². The molecule has 0 spiro atoms. The molecule has 124 valence electrons. The zero-order chi connectivity index (χ0) is 17.8. The summed E-state index contributed by atoms with van der Waals surface area (Å²) in [6, 6.07) is 15.4. The first kappa shape index (κ1) is 17.2. The van der Waals surface area contributed by atoms with E-state index in [4.69, 9.17) is 11.6 Å². The van der Waals surface area contributed by atoms with Gasteiger partial charge in [0.05, 0.1) is 11.4 Å². The maximum Gasteiger partial charge on any atom is 0.196 e. The minimum Gasteiger partial charge on any atom is -0.277 e. The molecule has 1 N–H and O–H groups in total. The molecule has 25 heavy (non-hydrogen) atoms. The number of nitrogens with one attached hydrogen (secondary N) is 1. The molecule has 3 rings (SSSR count). The highest BCUT2D eigenvalue weighted by Crippen LogP contribution is 2.24. The number of aryl methyl sites for hydroxylation is 2. The van der Waals surface area contributed by atoms with Crippen LogP contribution in [-0.2, 0) is 0 Å². The average molecular weight is 367 g/mol. The molecule has 0 aliphatic rings. The van der Waals surface area contributed by atoms with Crippen molar-refractivity contribution in [1.82, 2.24) is 4.98 Å². The second-order valence-electron chi connectivity index (χ2n) is 5.53. The predicted octanol–water partition coefficient (Wildman–Crippen LogP) is 5.42. The second-order valence-corrected chi connectivity index (χ2v) is 6.82. The molecule has 0 fully saturated rings. The molecule has 4 nitrogen and oxygen atoms in total. The molecular formula is C19H15ClN4S. The standard InChI is InChI=1S/C19H15ClN4S/c1-12-3-4-14(9-13(12)2)18-11-25-19(22-18)17(10-21)24-23-16-7-5-15(20)6-8-16/h3-9,11,23H,1-2H3/b24-17-. The van der Waals surface area contributed by atoms with Crippen LogP contribution in [0.5, 0.6) is 0 Å². The van der Waals surface area contributed by atoms with Crippen molar-refractivity contribution in [1.29, 1.82) is 5.26 Å². The van der Waals surface area contributed by atoms with E-state index in [0.717, 1.165) is 16.9 Å². The van der Waals surface area contributed by atoms with Crippen LogP contribution in [0.1, 0.15) is 16.1 Å². The van der Waals surface area contributed by atoms with Gasteiger partial charge in [0, 0.05) is 16.0 Å². The normalized spacial score (nSPS) is 11.2. The number of hydrazone groups is 1. The third kappa shape index (κ3) is 4.05. The maximum atomic E-state index is 9.39. The Kier molecular flexibility index (Phi) is 5.13. The van der Waals surface area contributed by atoms with Crippen LogP contribution in [0.2, 0.25) is 5.02 Å². The molecule has 1 heterocycles. The summed E-state index contributed by atoms with van der Waals surface area (Å²) in [4.78, 5) is 4.55. The van der Waals surface area contributed by atoms with Gasteiger partial charge in [-0.2, -0.15) is 10.4 Å². The van der Waals surface area contributed by atoms with Crippen molar-refractivity contribution in [3.63, 3.8) is 0 Å². The number of anilines is 1. The lowest BCUT2D eigenvalue weighted by molar-refractivity contribution is 1.30. The van der Waals surface area contributed by atoms with Gasteiger partial charge >= 0.3 is 0 Å². The third-order valence-corrected chi connectivity index (χ3v) is 4.86. The lowest BCUT2D eigenvalue weighted by Crippen LogP contribution is -2.01. The third-order valence-electron chi connectivity index (χ3n) is 3.76. The Labute approximate surface area is 155 Å². The molecule has 0 saturated heterocycles. The predicted molar refractivity (Wildman–Crippen MR) is 104 cm³/mol. The molecular weight excluding hydrogens is 352 g/mol. The van der Waals surface area contributed by atoms with Gasteiger partial charge in [-0.1, -0.05) is 23.7 Å². The van der Waals surface area contributed by atoms with Crippen molar-refractivity contribution in [3.8, 4) is 17.3 Å². The van der Waals surface area contributed by atoms with E-state index < -0.39 is 0 Å². The van der Waals surface area contributed by atoms with E-state index >= 15 is 0 Å². The highest BCUT2D eigenvalue weighted by molar-refractivity contribution is 7.12. The average Bonchev–Trinajstić information content (AvgIpc) is 3.09. The Morgan fingerprint density at radius 3 is 2.60 bits per heavy atom. The first-order valence-corrected chi connectivity index (χ1v) is 8.85. The van der Waals surface area contributed by atoms with Gasteiger partial charge < -0.3 is 0 Å². The van der Waals surface area contributed by atoms with Gasteiger partial charge in [-0.15, -0.1) is 11.3 Å². The number of thiazole rings is 1. The fourth-order valence-electron chi connectivity index (χ4n) is 2.18. The Balaban J connectivity index is 1.83. The van der Waals surface area contributed by atoms with E-state index in [9.17, 15) is 5.26 Å². The quantitative estimate of drug-likeness (QED) is 0.495. The topological polar surface area (TPSA) is 61.1 Å². The molecule has 0 atom stereocenters. The van der Waals surface area contributed by atoms with E-state index in [2.05, 4.69) is 47.6 Å². The summed E-state index contributed by atoms with van der Waals surface area (Å²) in [5, 5.41) is 16.7. The van der Waals surface area contributed by atoms with Crippen LogP contribution in [0.3, 0.4) is 0 Å². The summed E-state index contributed by atoms with van der Waals surface area (Å²) in [5.41, 5.74) is 8.19. The van der Waals surface area contributed by atoms with Crippen LogP contribution >= 0.6 is 22.9 Å². The largest absolute Gasteiger partial charge is 0.277 e. The van der Waals surface area contributed by atoms with Crippen LogP contribution in [0.15, 0.2) is 52.9 Å². The Morgan fingerprint density at radius 1 is 1.16 bits per heavy atom. The number of aromatic nitrogens is 1. The van der Waals surface area contributed by atoms with E-state index in [1.807, 2.05) is 11.4 Å². The van der Waals surface area contributed by atoms with Gasteiger partial charge in [-0.3, -0.25) is 5.43 Å². The van der Waals surface area contributed by atoms with Crippen LogP contribution in [0, 0.1) is 25.2 Å². The van der Waals surface area contributed by atoms with E-state index in [0.29, 0.717) is 10.0 Å². The molecule has 0 radical (unpaired) electrons. The number of nitriles is 1. The molecule has 0 saturated carbocycles. The number of hydrogen-bond donors (Lipinski definition) is 1. The molecule has 3 aromatic rings. The summed E-state index contributed by atoms with van der Waals surface area (Å²) < 4.78 is 0. The lowest BCUT2D eigenvalue weighted by Gasteiger charge is -2.02. The number of halogens is 1. The highest BCUT2D eigenvalue weighted by atomic mass is 35.5. The van der Waals surface area contributed by atoms with Gasteiger partial charge in [-0.25, -0.2) is 4.98 Å². The number of hydrogen-bond acceptors (Lipinski definition) is 5. The van der Waals surface area contributed by atoms with Crippen molar-refractivity contribution in [2.45, 2.75) is 13.8 Å². The zero-order valence-corrected chi connectivity index (χ0v) is 15.3. The number of nitrogens with zero attached hydrogens (tertiary/aromatic N) is 3. The summed E-state index contributed by atoms with van der Waals surface area (Å²) >= 11 is 7.25. The SMILES string of the molecule is Cc1ccc(-c2csc(/C(C#N)=N\Nc3ccc(Cl)cc3)n2)cc1C. The maximum absolute atomic E-state index is 9.39. The molecule has 0 aliphatic carbocycles.